The molecule has 0 aliphatic carbocycles. The second-order valence-corrected chi connectivity index (χ2v) is 5.13. The van der Waals surface area contributed by atoms with Crippen molar-refractivity contribution in [2.75, 3.05) is 19.6 Å². The van der Waals surface area contributed by atoms with E-state index in [0.29, 0.717) is 6.04 Å². The molecule has 0 saturated carbocycles. The Balaban J connectivity index is 1.45. The van der Waals surface area contributed by atoms with Gasteiger partial charge in [0.15, 0.2) is 0 Å². The van der Waals surface area contributed by atoms with E-state index in [1.54, 1.807) is 6.20 Å². The van der Waals surface area contributed by atoms with Crippen LogP contribution in [0.3, 0.4) is 0 Å². The number of hydrogen-bond acceptors (Lipinski definition) is 4. The molecular formula is C10H13BrN6. The lowest BCUT2D eigenvalue weighted by Crippen LogP contribution is -2.48. The van der Waals surface area contributed by atoms with Crippen LogP contribution in [-0.2, 0) is 6.54 Å². The lowest BCUT2D eigenvalue weighted by molar-refractivity contribution is 0.0932. The maximum atomic E-state index is 4.30. The number of aromatic nitrogens is 5. The molecule has 1 fully saturated rings. The molecule has 0 unspecified atom stereocenters. The summed E-state index contributed by atoms with van der Waals surface area (Å²) in [4.78, 5) is 2.39. The summed E-state index contributed by atoms with van der Waals surface area (Å²) >= 11 is 3.41. The monoisotopic (exact) mass is 296 g/mol. The first-order valence-corrected chi connectivity index (χ1v) is 6.37. The Labute approximate surface area is 107 Å². The Morgan fingerprint density at radius 1 is 1.35 bits per heavy atom. The maximum absolute atomic E-state index is 4.30. The minimum Gasteiger partial charge on any atom is -0.297 e. The SMILES string of the molecule is Brc1cnn(C2CN(CCn3ccnn3)C2)c1. The van der Waals surface area contributed by atoms with Crippen molar-refractivity contribution in [3.05, 3.63) is 29.3 Å². The van der Waals surface area contributed by atoms with E-state index in [9.17, 15) is 0 Å². The van der Waals surface area contributed by atoms with Gasteiger partial charge in [-0.25, -0.2) is 0 Å². The summed E-state index contributed by atoms with van der Waals surface area (Å²) in [5.41, 5.74) is 0. The Morgan fingerprint density at radius 2 is 2.24 bits per heavy atom. The molecule has 1 saturated heterocycles. The average Bonchev–Trinajstić information content (AvgIpc) is 2.87. The van der Waals surface area contributed by atoms with Gasteiger partial charge >= 0.3 is 0 Å². The van der Waals surface area contributed by atoms with Crippen LogP contribution in [0.1, 0.15) is 6.04 Å². The predicted molar refractivity (Wildman–Crippen MR) is 65.4 cm³/mol. The van der Waals surface area contributed by atoms with Crippen LogP contribution in [0.5, 0.6) is 0 Å². The lowest BCUT2D eigenvalue weighted by Gasteiger charge is -2.39. The third-order valence-electron chi connectivity index (χ3n) is 3.00. The van der Waals surface area contributed by atoms with Gasteiger partial charge in [-0.05, 0) is 15.9 Å². The molecule has 0 aromatic carbocycles. The van der Waals surface area contributed by atoms with E-state index >= 15 is 0 Å². The molecule has 0 spiro atoms. The van der Waals surface area contributed by atoms with Crippen molar-refractivity contribution in [2.24, 2.45) is 0 Å². The van der Waals surface area contributed by atoms with E-state index in [2.05, 4.69) is 36.2 Å². The average molecular weight is 297 g/mol. The van der Waals surface area contributed by atoms with Gasteiger partial charge in [0.25, 0.3) is 0 Å². The molecular weight excluding hydrogens is 284 g/mol. The molecule has 2 aromatic heterocycles. The smallest absolute Gasteiger partial charge is 0.0773 e. The quantitative estimate of drug-likeness (QED) is 0.837. The van der Waals surface area contributed by atoms with Crippen LogP contribution in [-0.4, -0.2) is 49.3 Å². The number of nitrogens with zero attached hydrogens (tertiary/aromatic N) is 6. The van der Waals surface area contributed by atoms with E-state index in [0.717, 1.165) is 30.7 Å². The highest BCUT2D eigenvalue weighted by molar-refractivity contribution is 9.10. The molecule has 0 radical (unpaired) electrons. The summed E-state index contributed by atoms with van der Waals surface area (Å²) < 4.78 is 4.92. The topological polar surface area (TPSA) is 51.8 Å². The van der Waals surface area contributed by atoms with E-state index in [4.69, 9.17) is 0 Å². The third-order valence-corrected chi connectivity index (χ3v) is 3.41. The van der Waals surface area contributed by atoms with E-state index in [1.807, 2.05) is 28.0 Å². The normalized spacial score (nSPS) is 17.2. The van der Waals surface area contributed by atoms with Gasteiger partial charge in [0.1, 0.15) is 0 Å². The molecule has 1 aliphatic rings. The van der Waals surface area contributed by atoms with Crippen LogP contribution < -0.4 is 0 Å². The Hall–Kier alpha value is -1.21. The molecule has 0 atom stereocenters. The van der Waals surface area contributed by atoms with Crippen molar-refractivity contribution in [3.63, 3.8) is 0 Å². The lowest BCUT2D eigenvalue weighted by atomic mass is 10.1. The molecule has 0 bridgehead atoms. The molecule has 3 heterocycles. The van der Waals surface area contributed by atoms with Crippen LogP contribution >= 0.6 is 15.9 Å². The van der Waals surface area contributed by atoms with Gasteiger partial charge in [0.05, 0.1) is 29.5 Å². The summed E-state index contributed by atoms with van der Waals surface area (Å²) in [5, 5.41) is 12.0. The Kier molecular flexibility index (Phi) is 2.94. The molecule has 0 N–H and O–H groups in total. The highest BCUT2D eigenvalue weighted by Gasteiger charge is 2.28. The highest BCUT2D eigenvalue weighted by Crippen LogP contribution is 2.21. The second-order valence-electron chi connectivity index (χ2n) is 4.22. The first-order valence-electron chi connectivity index (χ1n) is 5.57. The Morgan fingerprint density at radius 3 is 2.88 bits per heavy atom. The minimum absolute atomic E-state index is 0.511. The summed E-state index contributed by atoms with van der Waals surface area (Å²) in [6.45, 7) is 4.03. The van der Waals surface area contributed by atoms with Crippen LogP contribution in [0.4, 0.5) is 0 Å². The summed E-state index contributed by atoms with van der Waals surface area (Å²) in [5.74, 6) is 0. The zero-order chi connectivity index (χ0) is 11.7. The molecule has 2 aromatic rings. The fourth-order valence-corrected chi connectivity index (χ4v) is 2.30. The van der Waals surface area contributed by atoms with Crippen LogP contribution in [0, 0.1) is 0 Å². The second kappa shape index (κ2) is 4.58. The van der Waals surface area contributed by atoms with Crippen LogP contribution in [0.25, 0.3) is 0 Å². The molecule has 1 aliphatic heterocycles. The number of halogens is 1. The number of likely N-dealkylation sites (tertiary alicyclic amines) is 1. The van der Waals surface area contributed by atoms with Gasteiger partial charge in [-0.3, -0.25) is 14.3 Å². The molecule has 6 nitrogen and oxygen atoms in total. The molecule has 17 heavy (non-hydrogen) atoms. The van der Waals surface area contributed by atoms with Crippen molar-refractivity contribution in [2.45, 2.75) is 12.6 Å². The fourth-order valence-electron chi connectivity index (χ4n) is 2.00. The van der Waals surface area contributed by atoms with Gasteiger partial charge in [0.2, 0.25) is 0 Å². The van der Waals surface area contributed by atoms with Gasteiger partial charge < -0.3 is 0 Å². The first kappa shape index (κ1) is 10.9. The zero-order valence-corrected chi connectivity index (χ0v) is 10.9. The maximum Gasteiger partial charge on any atom is 0.0773 e. The molecule has 3 rings (SSSR count). The summed E-state index contributed by atoms with van der Waals surface area (Å²) in [6, 6.07) is 0.511. The fraction of sp³-hybridized carbons (Fsp3) is 0.500. The van der Waals surface area contributed by atoms with Crippen LogP contribution in [0.15, 0.2) is 29.3 Å². The van der Waals surface area contributed by atoms with Gasteiger partial charge in [-0.15, -0.1) is 5.10 Å². The van der Waals surface area contributed by atoms with E-state index < -0.39 is 0 Å². The highest BCUT2D eigenvalue weighted by atomic mass is 79.9. The first-order chi connectivity index (χ1) is 8.31. The summed E-state index contributed by atoms with van der Waals surface area (Å²) in [7, 11) is 0. The van der Waals surface area contributed by atoms with E-state index in [-0.39, 0.29) is 0 Å². The predicted octanol–water partition coefficient (Wildman–Crippen LogP) is 0.794. The van der Waals surface area contributed by atoms with Crippen molar-refractivity contribution >= 4 is 15.9 Å². The largest absolute Gasteiger partial charge is 0.297 e. The third kappa shape index (κ3) is 2.39. The minimum atomic E-state index is 0.511. The van der Waals surface area contributed by atoms with Crippen molar-refractivity contribution in [3.8, 4) is 0 Å². The number of hydrogen-bond donors (Lipinski definition) is 0. The molecule has 7 heteroatoms. The van der Waals surface area contributed by atoms with E-state index in [1.165, 1.54) is 0 Å². The molecule has 90 valence electrons. The summed E-state index contributed by atoms with van der Waals surface area (Å²) in [6.07, 6.45) is 7.46. The van der Waals surface area contributed by atoms with Crippen molar-refractivity contribution in [1.82, 2.24) is 29.7 Å². The Bertz CT molecular complexity index is 473. The van der Waals surface area contributed by atoms with Gasteiger partial charge in [-0.2, -0.15) is 5.10 Å². The van der Waals surface area contributed by atoms with Gasteiger partial charge in [0, 0.05) is 32.0 Å². The van der Waals surface area contributed by atoms with Crippen molar-refractivity contribution < 1.29 is 0 Å². The van der Waals surface area contributed by atoms with Crippen molar-refractivity contribution in [1.29, 1.82) is 0 Å². The van der Waals surface area contributed by atoms with Crippen LogP contribution in [0.2, 0.25) is 0 Å². The van der Waals surface area contributed by atoms with Gasteiger partial charge in [-0.1, -0.05) is 5.21 Å². The molecule has 0 amide bonds. The number of rotatable bonds is 4. The zero-order valence-electron chi connectivity index (χ0n) is 9.28. The standard InChI is InChI=1S/C10H13BrN6/c11-9-5-13-17(6-9)10-7-15(8-10)3-4-16-2-1-12-14-16/h1-2,5-6,10H,3-4,7-8H2.